The van der Waals surface area contributed by atoms with Crippen LogP contribution in [-0.4, -0.2) is 33.4 Å². The standard InChI is InChI=1S/C13H11ClN4O3/c1-8-5-17-10(6-16-8)13(20)21-7-11(19)18-9-3-2-4-15-12(9)14/h2-6H,7H2,1H3,(H,18,19). The number of nitrogens with zero attached hydrogens (tertiary/aromatic N) is 3. The number of hydrogen-bond acceptors (Lipinski definition) is 6. The first-order chi connectivity index (χ1) is 10.1. The van der Waals surface area contributed by atoms with Crippen molar-refractivity contribution < 1.29 is 14.3 Å². The molecule has 0 aliphatic carbocycles. The van der Waals surface area contributed by atoms with Crippen LogP contribution in [0.5, 0.6) is 0 Å². The fourth-order valence-electron chi connectivity index (χ4n) is 1.37. The Bertz CT molecular complexity index is 661. The molecule has 2 rings (SSSR count). The zero-order valence-corrected chi connectivity index (χ0v) is 11.8. The second-order valence-electron chi connectivity index (χ2n) is 4.01. The van der Waals surface area contributed by atoms with Crippen molar-refractivity contribution in [3.8, 4) is 0 Å². The molecule has 2 heterocycles. The van der Waals surface area contributed by atoms with E-state index in [0.29, 0.717) is 11.4 Å². The SMILES string of the molecule is Cc1cnc(C(=O)OCC(=O)Nc2cccnc2Cl)cn1. The summed E-state index contributed by atoms with van der Waals surface area (Å²) in [4.78, 5) is 34.9. The third kappa shape index (κ3) is 4.22. The van der Waals surface area contributed by atoms with Gasteiger partial charge in [-0.1, -0.05) is 11.6 Å². The highest BCUT2D eigenvalue weighted by atomic mass is 35.5. The van der Waals surface area contributed by atoms with Gasteiger partial charge in [0.05, 0.1) is 17.6 Å². The van der Waals surface area contributed by atoms with Crippen molar-refractivity contribution in [3.63, 3.8) is 0 Å². The molecule has 0 aliphatic rings. The molecule has 0 saturated carbocycles. The van der Waals surface area contributed by atoms with Crippen molar-refractivity contribution in [1.82, 2.24) is 15.0 Å². The quantitative estimate of drug-likeness (QED) is 0.681. The number of aromatic nitrogens is 3. The molecular formula is C13H11ClN4O3. The Balaban J connectivity index is 1.88. The van der Waals surface area contributed by atoms with Gasteiger partial charge in [-0.3, -0.25) is 9.78 Å². The van der Waals surface area contributed by atoms with Gasteiger partial charge in [-0.2, -0.15) is 0 Å². The summed E-state index contributed by atoms with van der Waals surface area (Å²) >= 11 is 5.79. The van der Waals surface area contributed by atoms with E-state index in [9.17, 15) is 9.59 Å². The molecule has 1 N–H and O–H groups in total. The lowest BCUT2D eigenvalue weighted by Gasteiger charge is -2.07. The predicted molar refractivity (Wildman–Crippen MR) is 74.9 cm³/mol. The van der Waals surface area contributed by atoms with E-state index in [0.717, 1.165) is 0 Å². The van der Waals surface area contributed by atoms with Gasteiger partial charge in [0.2, 0.25) is 0 Å². The van der Waals surface area contributed by atoms with Crippen LogP contribution in [-0.2, 0) is 9.53 Å². The van der Waals surface area contributed by atoms with Crippen molar-refractivity contribution >= 4 is 29.2 Å². The highest BCUT2D eigenvalue weighted by molar-refractivity contribution is 6.32. The fourth-order valence-corrected chi connectivity index (χ4v) is 1.54. The Kier molecular flexibility index (Phi) is 4.78. The Morgan fingerprint density at radius 1 is 1.29 bits per heavy atom. The number of amides is 1. The van der Waals surface area contributed by atoms with Gasteiger partial charge in [-0.15, -0.1) is 0 Å². The van der Waals surface area contributed by atoms with Gasteiger partial charge in [-0.25, -0.2) is 14.8 Å². The monoisotopic (exact) mass is 306 g/mol. The van der Waals surface area contributed by atoms with Crippen LogP contribution in [0.2, 0.25) is 5.15 Å². The maximum atomic E-state index is 11.6. The number of hydrogen-bond donors (Lipinski definition) is 1. The van der Waals surface area contributed by atoms with Gasteiger partial charge in [-0.05, 0) is 19.1 Å². The van der Waals surface area contributed by atoms with Crippen molar-refractivity contribution in [2.24, 2.45) is 0 Å². The molecule has 8 heteroatoms. The van der Waals surface area contributed by atoms with E-state index >= 15 is 0 Å². The van der Waals surface area contributed by atoms with Crippen LogP contribution in [0.15, 0.2) is 30.7 Å². The molecule has 0 unspecified atom stereocenters. The molecular weight excluding hydrogens is 296 g/mol. The molecule has 0 bridgehead atoms. The molecule has 0 spiro atoms. The maximum absolute atomic E-state index is 11.6. The van der Waals surface area contributed by atoms with Crippen LogP contribution in [0.4, 0.5) is 5.69 Å². The number of anilines is 1. The average Bonchev–Trinajstić information content (AvgIpc) is 2.48. The second-order valence-corrected chi connectivity index (χ2v) is 4.37. The molecule has 0 aliphatic heterocycles. The van der Waals surface area contributed by atoms with Gasteiger partial charge in [0, 0.05) is 12.4 Å². The summed E-state index contributed by atoms with van der Waals surface area (Å²) in [6, 6.07) is 3.20. The fraction of sp³-hybridized carbons (Fsp3) is 0.154. The van der Waals surface area contributed by atoms with Gasteiger partial charge < -0.3 is 10.1 Å². The second kappa shape index (κ2) is 6.76. The van der Waals surface area contributed by atoms with Crippen molar-refractivity contribution in [2.45, 2.75) is 6.92 Å². The summed E-state index contributed by atoms with van der Waals surface area (Å²) in [5, 5.41) is 2.63. The lowest BCUT2D eigenvalue weighted by atomic mass is 10.4. The van der Waals surface area contributed by atoms with Crippen molar-refractivity contribution in [1.29, 1.82) is 0 Å². The molecule has 0 fully saturated rings. The van der Waals surface area contributed by atoms with Crippen LogP contribution in [0.3, 0.4) is 0 Å². The summed E-state index contributed by atoms with van der Waals surface area (Å²) in [7, 11) is 0. The average molecular weight is 307 g/mol. The van der Waals surface area contributed by atoms with E-state index in [1.54, 1.807) is 19.1 Å². The minimum Gasteiger partial charge on any atom is -0.451 e. The molecule has 2 aromatic rings. The van der Waals surface area contributed by atoms with E-state index in [1.807, 2.05) is 0 Å². The number of aryl methyl sites for hydroxylation is 1. The largest absolute Gasteiger partial charge is 0.451 e. The van der Waals surface area contributed by atoms with E-state index in [1.165, 1.54) is 18.6 Å². The number of pyridine rings is 1. The lowest BCUT2D eigenvalue weighted by molar-refractivity contribution is -0.119. The van der Waals surface area contributed by atoms with Crippen LogP contribution in [0.1, 0.15) is 16.2 Å². The molecule has 108 valence electrons. The minimum atomic E-state index is -0.727. The number of carbonyl (C=O) groups is 2. The first-order valence-electron chi connectivity index (χ1n) is 5.92. The first kappa shape index (κ1) is 14.9. The number of carbonyl (C=O) groups excluding carboxylic acids is 2. The molecule has 7 nitrogen and oxygen atoms in total. The van der Waals surface area contributed by atoms with Gasteiger partial charge in [0.25, 0.3) is 5.91 Å². The zero-order chi connectivity index (χ0) is 15.2. The summed E-state index contributed by atoms with van der Waals surface area (Å²) in [5.41, 5.74) is 1.05. The van der Waals surface area contributed by atoms with Crippen LogP contribution in [0.25, 0.3) is 0 Å². The van der Waals surface area contributed by atoms with E-state index < -0.39 is 18.5 Å². The Hall–Kier alpha value is -2.54. The summed E-state index contributed by atoms with van der Waals surface area (Å²) < 4.78 is 4.82. The van der Waals surface area contributed by atoms with E-state index in [2.05, 4.69) is 20.3 Å². The third-order valence-electron chi connectivity index (χ3n) is 2.36. The summed E-state index contributed by atoms with van der Waals surface area (Å²) in [5.74, 6) is -1.26. The first-order valence-corrected chi connectivity index (χ1v) is 6.30. The van der Waals surface area contributed by atoms with Crippen LogP contribution < -0.4 is 5.32 Å². The topological polar surface area (TPSA) is 94.1 Å². The molecule has 0 radical (unpaired) electrons. The zero-order valence-electron chi connectivity index (χ0n) is 11.0. The number of esters is 1. The van der Waals surface area contributed by atoms with Gasteiger partial charge >= 0.3 is 5.97 Å². The van der Waals surface area contributed by atoms with Crippen molar-refractivity contribution in [2.75, 3.05) is 11.9 Å². The van der Waals surface area contributed by atoms with Crippen LogP contribution in [0, 0.1) is 6.92 Å². The normalized spacial score (nSPS) is 10.0. The molecule has 0 saturated heterocycles. The third-order valence-corrected chi connectivity index (χ3v) is 2.66. The van der Waals surface area contributed by atoms with Gasteiger partial charge in [0.15, 0.2) is 17.5 Å². The highest BCUT2D eigenvalue weighted by Gasteiger charge is 2.12. The van der Waals surface area contributed by atoms with Crippen LogP contribution >= 0.6 is 11.6 Å². The lowest BCUT2D eigenvalue weighted by Crippen LogP contribution is -2.21. The summed E-state index contributed by atoms with van der Waals surface area (Å²) in [6.45, 7) is 1.28. The number of halogens is 1. The predicted octanol–water partition coefficient (Wildman–Crippen LogP) is 1.63. The molecule has 0 atom stereocenters. The molecule has 21 heavy (non-hydrogen) atoms. The molecule has 2 aromatic heterocycles. The highest BCUT2D eigenvalue weighted by Crippen LogP contribution is 2.17. The van der Waals surface area contributed by atoms with Gasteiger partial charge in [0.1, 0.15) is 0 Å². The maximum Gasteiger partial charge on any atom is 0.359 e. The minimum absolute atomic E-state index is 0.0350. The number of rotatable bonds is 4. The van der Waals surface area contributed by atoms with E-state index in [-0.39, 0.29) is 10.8 Å². The smallest absolute Gasteiger partial charge is 0.359 e. The number of ether oxygens (including phenoxy) is 1. The van der Waals surface area contributed by atoms with E-state index in [4.69, 9.17) is 16.3 Å². The Labute approximate surface area is 125 Å². The Morgan fingerprint density at radius 2 is 2.10 bits per heavy atom. The number of nitrogens with one attached hydrogen (secondary N) is 1. The van der Waals surface area contributed by atoms with Crippen molar-refractivity contribution in [3.05, 3.63) is 47.3 Å². The Morgan fingerprint density at radius 3 is 2.76 bits per heavy atom. The molecule has 1 amide bonds. The summed E-state index contributed by atoms with van der Waals surface area (Å²) in [6.07, 6.45) is 4.22. The molecule has 0 aromatic carbocycles.